The highest BCUT2D eigenvalue weighted by atomic mass is 16.5. The number of ether oxygens (including phenoxy) is 4. The average Bonchev–Trinajstić information content (AvgIpc) is 3.00. The van der Waals surface area contributed by atoms with Gasteiger partial charge in [0, 0.05) is 38.4 Å². The monoisotopic (exact) mass is 548 g/mol. The SMILES string of the molecule is CCOC(=O)C1CCCN(C(=O)c2cnc(-c3cc(OC)c(OC)c(OC)c3)nc2N(C)Cc2ccccc2)C1. The maximum atomic E-state index is 13.8. The van der Waals surface area contributed by atoms with Crippen molar-refractivity contribution in [1.29, 1.82) is 0 Å². The molecule has 0 bridgehead atoms. The first-order valence-electron chi connectivity index (χ1n) is 13.3. The molecule has 4 rings (SSSR count). The average molecular weight is 549 g/mol. The first-order chi connectivity index (χ1) is 19.4. The number of rotatable bonds is 10. The number of likely N-dealkylation sites (tertiary alicyclic amines) is 1. The molecule has 1 fully saturated rings. The van der Waals surface area contributed by atoms with Crippen molar-refractivity contribution in [2.45, 2.75) is 26.3 Å². The zero-order chi connectivity index (χ0) is 28.6. The molecule has 1 unspecified atom stereocenters. The van der Waals surface area contributed by atoms with E-state index >= 15 is 0 Å². The van der Waals surface area contributed by atoms with E-state index in [2.05, 4.69) is 4.98 Å². The molecule has 0 spiro atoms. The smallest absolute Gasteiger partial charge is 0.310 e. The summed E-state index contributed by atoms with van der Waals surface area (Å²) in [6.45, 7) is 3.47. The zero-order valence-corrected chi connectivity index (χ0v) is 23.7. The molecule has 0 N–H and O–H groups in total. The van der Waals surface area contributed by atoms with Gasteiger partial charge in [0.15, 0.2) is 17.3 Å². The van der Waals surface area contributed by atoms with Crippen molar-refractivity contribution in [3.05, 3.63) is 59.8 Å². The lowest BCUT2D eigenvalue weighted by Crippen LogP contribution is -2.43. The van der Waals surface area contributed by atoms with Crippen molar-refractivity contribution in [3.8, 4) is 28.6 Å². The molecular formula is C30H36N4O6. The number of nitrogens with zero attached hydrogens (tertiary/aromatic N) is 4. The summed E-state index contributed by atoms with van der Waals surface area (Å²) in [5.41, 5.74) is 2.07. The van der Waals surface area contributed by atoms with Crippen LogP contribution in [0, 0.1) is 5.92 Å². The van der Waals surface area contributed by atoms with Crippen LogP contribution in [-0.2, 0) is 16.1 Å². The van der Waals surface area contributed by atoms with Crippen molar-refractivity contribution < 1.29 is 28.5 Å². The van der Waals surface area contributed by atoms with E-state index in [9.17, 15) is 9.59 Å². The number of methoxy groups -OCH3 is 3. The molecule has 1 aromatic heterocycles. The van der Waals surface area contributed by atoms with E-state index in [0.29, 0.717) is 72.7 Å². The van der Waals surface area contributed by atoms with E-state index < -0.39 is 0 Å². The molecule has 0 saturated carbocycles. The maximum Gasteiger partial charge on any atom is 0.310 e. The Labute approximate surface area is 234 Å². The van der Waals surface area contributed by atoms with Gasteiger partial charge < -0.3 is 28.7 Å². The molecule has 10 heteroatoms. The fourth-order valence-electron chi connectivity index (χ4n) is 4.88. The molecule has 0 aliphatic carbocycles. The second-order valence-electron chi connectivity index (χ2n) is 9.53. The van der Waals surface area contributed by atoms with Gasteiger partial charge in [-0.2, -0.15) is 0 Å². The molecule has 2 aromatic carbocycles. The van der Waals surface area contributed by atoms with Crippen LogP contribution in [0.25, 0.3) is 11.4 Å². The highest BCUT2D eigenvalue weighted by molar-refractivity contribution is 5.99. The minimum Gasteiger partial charge on any atom is -0.493 e. The van der Waals surface area contributed by atoms with E-state index in [1.54, 1.807) is 51.5 Å². The van der Waals surface area contributed by atoms with Gasteiger partial charge in [0.05, 0.1) is 33.9 Å². The number of hydrogen-bond acceptors (Lipinski definition) is 9. The molecule has 1 atom stereocenters. The van der Waals surface area contributed by atoms with E-state index in [-0.39, 0.29) is 17.8 Å². The van der Waals surface area contributed by atoms with Crippen LogP contribution in [0.1, 0.15) is 35.7 Å². The van der Waals surface area contributed by atoms with Gasteiger partial charge in [-0.25, -0.2) is 9.97 Å². The molecule has 1 aliphatic heterocycles. The molecule has 3 aromatic rings. The summed E-state index contributed by atoms with van der Waals surface area (Å²) < 4.78 is 21.7. The first kappa shape index (κ1) is 28.7. The lowest BCUT2D eigenvalue weighted by molar-refractivity contribution is -0.149. The topological polar surface area (TPSA) is 103 Å². The summed E-state index contributed by atoms with van der Waals surface area (Å²) in [5, 5.41) is 0. The van der Waals surface area contributed by atoms with Crippen LogP contribution in [-0.4, -0.2) is 74.8 Å². The van der Waals surface area contributed by atoms with Gasteiger partial charge in [-0.05, 0) is 37.5 Å². The Balaban J connectivity index is 1.74. The molecule has 212 valence electrons. The Morgan fingerprint density at radius 1 is 1.05 bits per heavy atom. The number of esters is 1. The Bertz CT molecular complexity index is 1310. The van der Waals surface area contributed by atoms with Crippen LogP contribution in [0.3, 0.4) is 0 Å². The number of amides is 1. The molecule has 1 saturated heterocycles. The van der Waals surface area contributed by atoms with Gasteiger partial charge in [0.25, 0.3) is 5.91 Å². The molecule has 0 radical (unpaired) electrons. The van der Waals surface area contributed by atoms with Gasteiger partial charge in [-0.1, -0.05) is 30.3 Å². The van der Waals surface area contributed by atoms with Crippen LogP contribution in [0.5, 0.6) is 17.2 Å². The highest BCUT2D eigenvalue weighted by Gasteiger charge is 2.32. The van der Waals surface area contributed by atoms with Gasteiger partial charge >= 0.3 is 5.97 Å². The summed E-state index contributed by atoms with van der Waals surface area (Å²) in [7, 11) is 6.53. The summed E-state index contributed by atoms with van der Waals surface area (Å²) >= 11 is 0. The zero-order valence-electron chi connectivity index (χ0n) is 23.7. The summed E-state index contributed by atoms with van der Waals surface area (Å²) in [4.78, 5) is 39.3. The van der Waals surface area contributed by atoms with Crippen LogP contribution in [0.15, 0.2) is 48.7 Å². The summed E-state index contributed by atoms with van der Waals surface area (Å²) in [6.07, 6.45) is 2.97. The molecule has 2 heterocycles. The van der Waals surface area contributed by atoms with E-state index in [1.807, 2.05) is 42.3 Å². The summed E-state index contributed by atoms with van der Waals surface area (Å²) in [6, 6.07) is 13.5. The number of hydrogen-bond donors (Lipinski definition) is 0. The maximum absolute atomic E-state index is 13.8. The van der Waals surface area contributed by atoms with Crippen LogP contribution in [0.4, 0.5) is 5.82 Å². The van der Waals surface area contributed by atoms with Gasteiger partial charge in [0.2, 0.25) is 5.75 Å². The van der Waals surface area contributed by atoms with Crippen molar-refractivity contribution in [2.24, 2.45) is 5.92 Å². The van der Waals surface area contributed by atoms with Crippen molar-refractivity contribution in [3.63, 3.8) is 0 Å². The Morgan fingerprint density at radius 2 is 1.75 bits per heavy atom. The third kappa shape index (κ3) is 6.27. The molecule has 1 amide bonds. The van der Waals surface area contributed by atoms with Crippen LogP contribution in [0.2, 0.25) is 0 Å². The molecular weight excluding hydrogens is 512 g/mol. The largest absolute Gasteiger partial charge is 0.493 e. The number of piperidine rings is 1. The number of carbonyl (C=O) groups excluding carboxylic acids is 2. The number of anilines is 1. The third-order valence-electron chi connectivity index (χ3n) is 6.87. The Kier molecular flexibility index (Phi) is 9.42. The quantitative estimate of drug-likeness (QED) is 0.345. The Hall–Kier alpha value is -4.34. The molecule has 1 aliphatic rings. The fourth-order valence-corrected chi connectivity index (χ4v) is 4.88. The predicted octanol–water partition coefficient (Wildman–Crippen LogP) is 4.22. The lowest BCUT2D eigenvalue weighted by Gasteiger charge is -2.32. The normalized spacial score (nSPS) is 14.8. The molecule has 10 nitrogen and oxygen atoms in total. The van der Waals surface area contributed by atoms with Gasteiger partial charge in [-0.3, -0.25) is 9.59 Å². The highest BCUT2D eigenvalue weighted by Crippen LogP contribution is 2.41. The second kappa shape index (κ2) is 13.1. The first-order valence-corrected chi connectivity index (χ1v) is 13.3. The number of carbonyl (C=O) groups is 2. The number of benzene rings is 2. The van der Waals surface area contributed by atoms with E-state index in [1.165, 1.54) is 0 Å². The van der Waals surface area contributed by atoms with Crippen LogP contribution < -0.4 is 19.1 Å². The van der Waals surface area contributed by atoms with Gasteiger partial charge in [0.1, 0.15) is 11.4 Å². The minimum absolute atomic E-state index is 0.222. The van der Waals surface area contributed by atoms with Crippen molar-refractivity contribution in [1.82, 2.24) is 14.9 Å². The van der Waals surface area contributed by atoms with Crippen LogP contribution >= 0.6 is 0 Å². The Morgan fingerprint density at radius 3 is 2.38 bits per heavy atom. The molecule has 40 heavy (non-hydrogen) atoms. The van der Waals surface area contributed by atoms with E-state index in [0.717, 1.165) is 12.0 Å². The minimum atomic E-state index is -0.345. The summed E-state index contributed by atoms with van der Waals surface area (Å²) in [5.74, 6) is 1.44. The van der Waals surface area contributed by atoms with Gasteiger partial charge in [-0.15, -0.1) is 0 Å². The third-order valence-corrected chi connectivity index (χ3v) is 6.87. The van der Waals surface area contributed by atoms with E-state index in [4.69, 9.17) is 23.9 Å². The van der Waals surface area contributed by atoms with Crippen molar-refractivity contribution in [2.75, 3.05) is 53.0 Å². The standard InChI is InChI=1S/C30H36N4O6/c1-6-40-30(36)21-13-10-14-34(19-21)29(35)23-17-31-27(22-15-24(37-3)26(39-5)25(16-22)38-4)32-28(23)33(2)18-20-11-8-7-9-12-20/h7-9,11-12,15-17,21H,6,10,13-14,18-19H2,1-5H3. The lowest BCUT2D eigenvalue weighted by atomic mass is 9.97. The second-order valence-corrected chi connectivity index (χ2v) is 9.53. The van der Waals surface area contributed by atoms with Crippen molar-refractivity contribution >= 4 is 17.7 Å². The predicted molar refractivity (Wildman–Crippen MR) is 151 cm³/mol. The fraction of sp³-hybridized carbons (Fsp3) is 0.400. The number of aromatic nitrogens is 2.